The van der Waals surface area contributed by atoms with E-state index in [9.17, 15) is 4.79 Å². The molecule has 0 radical (unpaired) electrons. The van der Waals surface area contributed by atoms with Crippen LogP contribution in [0.25, 0.3) is 10.2 Å². The average Bonchev–Trinajstić information content (AvgIpc) is 3.04. The highest BCUT2D eigenvalue weighted by atomic mass is 32.1. The number of carbonyl (C=O) groups excluding carboxylic acids is 1. The molecule has 3 heterocycles. The van der Waals surface area contributed by atoms with Gasteiger partial charge in [-0.25, -0.2) is 15.0 Å². The van der Waals surface area contributed by atoms with E-state index in [2.05, 4.69) is 30.5 Å². The second kappa shape index (κ2) is 9.82. The maximum atomic E-state index is 12.7. The second-order valence-electron chi connectivity index (χ2n) is 7.52. The third-order valence-corrected chi connectivity index (χ3v) is 5.57. The van der Waals surface area contributed by atoms with Crippen molar-refractivity contribution in [2.45, 2.75) is 33.3 Å². The van der Waals surface area contributed by atoms with Gasteiger partial charge in [-0.1, -0.05) is 0 Å². The molecule has 0 aliphatic rings. The molecule has 0 unspecified atom stereocenters. The summed E-state index contributed by atoms with van der Waals surface area (Å²) in [4.78, 5) is 29.3. The van der Waals surface area contributed by atoms with Gasteiger partial charge in [-0.2, -0.15) is 0 Å². The Morgan fingerprint density at radius 1 is 1.27 bits per heavy atom. The molecule has 0 spiro atoms. The van der Waals surface area contributed by atoms with Gasteiger partial charge in [-0.15, -0.1) is 11.3 Å². The molecule has 3 aromatic heterocycles. The van der Waals surface area contributed by atoms with Crippen LogP contribution in [0.1, 0.15) is 35.5 Å². The number of anilines is 2. The molecule has 0 bridgehead atoms. The number of nitrogens with one attached hydrogen (secondary N) is 2. The number of amides is 1. The Bertz CT molecular complexity index is 1020. The van der Waals surface area contributed by atoms with Gasteiger partial charge in [-0.3, -0.25) is 4.79 Å². The van der Waals surface area contributed by atoms with E-state index in [0.29, 0.717) is 28.8 Å². The topological polar surface area (TPSA) is 92.3 Å². The first kappa shape index (κ1) is 21.9. The van der Waals surface area contributed by atoms with Crippen molar-refractivity contribution in [1.29, 1.82) is 0 Å². The zero-order valence-corrected chi connectivity index (χ0v) is 18.8. The molecule has 160 valence electrons. The number of carbonyl (C=O) groups is 1. The minimum Gasteiger partial charge on any atom is -0.473 e. The number of ether oxygens (including phenoxy) is 1. The summed E-state index contributed by atoms with van der Waals surface area (Å²) in [7, 11) is 4.04. The molecule has 2 N–H and O–H groups in total. The van der Waals surface area contributed by atoms with E-state index in [1.54, 1.807) is 6.20 Å². The number of thiophene rings is 1. The molecule has 30 heavy (non-hydrogen) atoms. The van der Waals surface area contributed by atoms with Crippen LogP contribution in [0.3, 0.4) is 0 Å². The Morgan fingerprint density at radius 2 is 2.07 bits per heavy atom. The minimum absolute atomic E-state index is 0.00320. The highest BCUT2D eigenvalue weighted by Crippen LogP contribution is 2.35. The van der Waals surface area contributed by atoms with Gasteiger partial charge < -0.3 is 20.3 Å². The highest BCUT2D eigenvalue weighted by molar-refractivity contribution is 7.20. The van der Waals surface area contributed by atoms with Crippen molar-refractivity contribution in [1.82, 2.24) is 25.2 Å². The van der Waals surface area contributed by atoms with Gasteiger partial charge in [0.05, 0.1) is 16.4 Å². The maximum Gasteiger partial charge on any atom is 0.261 e. The molecule has 0 aliphatic carbocycles. The SMILES string of the molecule is Cc1c(C(=O)NCCCN(C)C)sc2ncnc(Nc3cccnc3OC(C)C)c12. The molecule has 0 fully saturated rings. The lowest BCUT2D eigenvalue weighted by Crippen LogP contribution is -2.26. The summed E-state index contributed by atoms with van der Waals surface area (Å²) in [6.45, 7) is 7.39. The van der Waals surface area contributed by atoms with E-state index in [4.69, 9.17) is 4.74 Å². The van der Waals surface area contributed by atoms with Crippen molar-refractivity contribution < 1.29 is 9.53 Å². The summed E-state index contributed by atoms with van der Waals surface area (Å²) in [5.74, 6) is 1.05. The van der Waals surface area contributed by atoms with E-state index in [0.717, 1.165) is 28.7 Å². The van der Waals surface area contributed by atoms with Gasteiger partial charge >= 0.3 is 0 Å². The standard InChI is InChI=1S/C21H28N6O2S/c1-13(2)29-20-15(8-6-9-23-20)26-18-16-14(3)17(30-21(16)25-12-24-18)19(28)22-10-7-11-27(4)5/h6,8-9,12-13H,7,10-11H2,1-5H3,(H,22,28)(H,24,25,26). The Hall–Kier alpha value is -2.78. The fourth-order valence-electron chi connectivity index (χ4n) is 2.99. The van der Waals surface area contributed by atoms with Crippen LogP contribution >= 0.6 is 11.3 Å². The van der Waals surface area contributed by atoms with Crippen LogP contribution in [0.15, 0.2) is 24.7 Å². The lowest BCUT2D eigenvalue weighted by Gasteiger charge is -2.14. The normalized spacial score (nSPS) is 11.3. The molecule has 3 rings (SSSR count). The molecule has 3 aromatic rings. The van der Waals surface area contributed by atoms with Crippen molar-refractivity contribution in [3.63, 3.8) is 0 Å². The lowest BCUT2D eigenvalue weighted by atomic mass is 10.2. The monoisotopic (exact) mass is 428 g/mol. The predicted octanol–water partition coefficient (Wildman–Crippen LogP) is 3.61. The largest absolute Gasteiger partial charge is 0.473 e. The summed E-state index contributed by atoms with van der Waals surface area (Å²) >= 11 is 1.38. The van der Waals surface area contributed by atoms with Gasteiger partial charge in [0.1, 0.15) is 22.7 Å². The Morgan fingerprint density at radius 3 is 2.80 bits per heavy atom. The average molecular weight is 429 g/mol. The van der Waals surface area contributed by atoms with Crippen LogP contribution in [0, 0.1) is 6.92 Å². The number of pyridine rings is 1. The van der Waals surface area contributed by atoms with Crippen molar-refractivity contribution in [3.05, 3.63) is 35.1 Å². The molecule has 9 heteroatoms. The van der Waals surface area contributed by atoms with Crippen LogP contribution in [0.5, 0.6) is 5.88 Å². The van der Waals surface area contributed by atoms with E-state index in [1.165, 1.54) is 17.7 Å². The number of aryl methyl sites for hydroxylation is 1. The molecular weight excluding hydrogens is 400 g/mol. The second-order valence-corrected chi connectivity index (χ2v) is 8.52. The van der Waals surface area contributed by atoms with Crippen molar-refractivity contribution in [2.24, 2.45) is 0 Å². The summed E-state index contributed by atoms with van der Waals surface area (Å²) in [6.07, 6.45) is 4.08. The first-order valence-corrected chi connectivity index (χ1v) is 10.7. The number of hydrogen-bond acceptors (Lipinski definition) is 8. The fourth-order valence-corrected chi connectivity index (χ4v) is 4.06. The van der Waals surface area contributed by atoms with Crippen molar-refractivity contribution in [3.8, 4) is 5.88 Å². The molecule has 0 saturated carbocycles. The number of nitrogens with zero attached hydrogens (tertiary/aromatic N) is 4. The van der Waals surface area contributed by atoms with Crippen LogP contribution in [0.4, 0.5) is 11.5 Å². The summed E-state index contributed by atoms with van der Waals surface area (Å²) in [5.41, 5.74) is 1.57. The van der Waals surface area contributed by atoms with Crippen LogP contribution in [-0.4, -0.2) is 59.0 Å². The quantitative estimate of drug-likeness (QED) is 0.503. The maximum absolute atomic E-state index is 12.7. The summed E-state index contributed by atoms with van der Waals surface area (Å²) in [5, 5.41) is 7.15. The third kappa shape index (κ3) is 5.22. The molecule has 0 atom stereocenters. The Kier molecular flexibility index (Phi) is 7.17. The number of hydrogen-bond donors (Lipinski definition) is 2. The third-order valence-electron chi connectivity index (χ3n) is 4.37. The van der Waals surface area contributed by atoms with E-state index in [1.807, 2.05) is 47.0 Å². The van der Waals surface area contributed by atoms with Gasteiger partial charge in [0.25, 0.3) is 5.91 Å². The fraction of sp³-hybridized carbons (Fsp3) is 0.429. The van der Waals surface area contributed by atoms with Gasteiger partial charge in [-0.05, 0) is 65.5 Å². The van der Waals surface area contributed by atoms with E-state index < -0.39 is 0 Å². The first-order valence-electron chi connectivity index (χ1n) is 9.92. The number of rotatable bonds is 9. The zero-order valence-electron chi connectivity index (χ0n) is 18.0. The van der Waals surface area contributed by atoms with Crippen molar-refractivity contribution >= 4 is 39.0 Å². The molecule has 8 nitrogen and oxygen atoms in total. The highest BCUT2D eigenvalue weighted by Gasteiger charge is 2.20. The first-order chi connectivity index (χ1) is 14.4. The minimum atomic E-state index is -0.0783. The Balaban J connectivity index is 1.85. The van der Waals surface area contributed by atoms with E-state index >= 15 is 0 Å². The zero-order chi connectivity index (χ0) is 21.7. The molecule has 1 amide bonds. The van der Waals surface area contributed by atoms with Gasteiger partial charge in [0, 0.05) is 12.7 Å². The summed E-state index contributed by atoms with van der Waals surface area (Å²) < 4.78 is 5.79. The van der Waals surface area contributed by atoms with Crippen LogP contribution in [-0.2, 0) is 0 Å². The summed E-state index contributed by atoms with van der Waals surface area (Å²) in [6, 6.07) is 3.72. The van der Waals surface area contributed by atoms with Crippen LogP contribution in [0.2, 0.25) is 0 Å². The smallest absolute Gasteiger partial charge is 0.261 e. The molecule has 0 saturated heterocycles. The molecule has 0 aliphatic heterocycles. The van der Waals surface area contributed by atoms with Gasteiger partial charge in [0.2, 0.25) is 5.88 Å². The number of fused-ring (bicyclic) bond motifs is 1. The van der Waals surface area contributed by atoms with Crippen molar-refractivity contribution in [2.75, 3.05) is 32.5 Å². The van der Waals surface area contributed by atoms with Gasteiger partial charge in [0.15, 0.2) is 0 Å². The molecular formula is C21H28N6O2S. The van der Waals surface area contributed by atoms with E-state index in [-0.39, 0.29) is 12.0 Å². The molecule has 0 aromatic carbocycles. The predicted molar refractivity (Wildman–Crippen MR) is 121 cm³/mol. The van der Waals surface area contributed by atoms with Crippen LogP contribution < -0.4 is 15.4 Å². The lowest BCUT2D eigenvalue weighted by molar-refractivity contribution is 0.0956. The number of aromatic nitrogens is 3. The Labute approximate surface area is 180 Å².